The number of hydrogen-bond acceptors (Lipinski definition) is 5. The zero-order chi connectivity index (χ0) is 13.2. The van der Waals surface area contributed by atoms with Crippen LogP contribution in [0, 0.1) is 5.92 Å². The van der Waals surface area contributed by atoms with Gasteiger partial charge in [-0.2, -0.15) is 0 Å². The van der Waals surface area contributed by atoms with Crippen molar-refractivity contribution < 1.29 is 9.90 Å². The van der Waals surface area contributed by atoms with Gasteiger partial charge in [-0.3, -0.25) is 19.1 Å². The lowest BCUT2D eigenvalue weighted by atomic mass is 10.1. The van der Waals surface area contributed by atoms with E-state index < -0.39 is 23.1 Å². The molecule has 1 heterocycles. The highest BCUT2D eigenvalue weighted by atomic mass is 16.4. The van der Waals surface area contributed by atoms with Gasteiger partial charge in [0, 0.05) is 6.54 Å². The molecule has 0 fully saturated rings. The maximum absolute atomic E-state index is 11.6. The molecule has 0 amide bonds. The van der Waals surface area contributed by atoms with Crippen molar-refractivity contribution in [2.75, 3.05) is 11.5 Å². The Morgan fingerprint density at radius 3 is 2.53 bits per heavy atom. The first-order chi connectivity index (χ1) is 7.88. The topological polar surface area (TPSA) is 144 Å². The lowest BCUT2D eigenvalue weighted by Gasteiger charge is -2.11. The average molecular weight is 242 g/mol. The molecule has 0 aliphatic carbocycles. The summed E-state index contributed by atoms with van der Waals surface area (Å²) in [6.07, 6.45) is 0.297. The van der Waals surface area contributed by atoms with Gasteiger partial charge in [0.15, 0.2) is 0 Å². The van der Waals surface area contributed by atoms with Crippen LogP contribution in [-0.4, -0.2) is 20.6 Å². The van der Waals surface area contributed by atoms with E-state index in [1.54, 1.807) is 6.92 Å². The highest BCUT2D eigenvalue weighted by Crippen LogP contribution is 2.05. The van der Waals surface area contributed by atoms with E-state index in [1.165, 1.54) is 0 Å². The standard InChI is InChI=1S/C9H14N4O4/c1-2-4(8(15)16)3-13-7(14)5(10)6(11)12-9(13)17/h4H,2-3,10-11H2,1H3,(H,12,17)(H,15,16). The van der Waals surface area contributed by atoms with Gasteiger partial charge in [0.25, 0.3) is 5.56 Å². The number of nitrogens with zero attached hydrogens (tertiary/aromatic N) is 1. The van der Waals surface area contributed by atoms with Crippen molar-refractivity contribution >= 4 is 17.5 Å². The van der Waals surface area contributed by atoms with Crippen molar-refractivity contribution in [2.45, 2.75) is 19.9 Å². The molecule has 0 radical (unpaired) electrons. The van der Waals surface area contributed by atoms with Gasteiger partial charge < -0.3 is 16.6 Å². The van der Waals surface area contributed by atoms with Crippen molar-refractivity contribution in [1.29, 1.82) is 0 Å². The molecule has 8 nitrogen and oxygen atoms in total. The molecule has 0 saturated heterocycles. The van der Waals surface area contributed by atoms with Gasteiger partial charge in [0.1, 0.15) is 11.5 Å². The Bertz CT molecular complexity index is 545. The van der Waals surface area contributed by atoms with E-state index in [0.717, 1.165) is 4.57 Å². The van der Waals surface area contributed by atoms with E-state index in [9.17, 15) is 14.4 Å². The minimum atomic E-state index is -1.07. The Labute approximate surface area is 95.9 Å². The summed E-state index contributed by atoms with van der Waals surface area (Å²) in [5, 5.41) is 8.86. The molecule has 8 heteroatoms. The van der Waals surface area contributed by atoms with Crippen LogP contribution >= 0.6 is 0 Å². The summed E-state index contributed by atoms with van der Waals surface area (Å²) in [6.45, 7) is 1.42. The van der Waals surface area contributed by atoms with Crippen LogP contribution in [-0.2, 0) is 11.3 Å². The Morgan fingerprint density at radius 1 is 1.47 bits per heavy atom. The quantitative estimate of drug-likeness (QED) is 0.522. The Balaban J connectivity index is 3.25. The van der Waals surface area contributed by atoms with Crippen molar-refractivity contribution in [1.82, 2.24) is 9.55 Å². The van der Waals surface area contributed by atoms with E-state index in [2.05, 4.69) is 4.98 Å². The number of nitrogen functional groups attached to an aromatic ring is 2. The number of nitrogens with one attached hydrogen (secondary N) is 1. The number of carbonyl (C=O) groups is 1. The van der Waals surface area contributed by atoms with E-state index in [-0.39, 0.29) is 18.1 Å². The van der Waals surface area contributed by atoms with Crippen molar-refractivity contribution in [3.05, 3.63) is 20.8 Å². The molecule has 1 atom stereocenters. The lowest BCUT2D eigenvalue weighted by Crippen LogP contribution is -2.40. The molecule has 1 unspecified atom stereocenters. The fourth-order valence-electron chi connectivity index (χ4n) is 1.37. The normalized spacial score (nSPS) is 12.3. The van der Waals surface area contributed by atoms with E-state index in [0.29, 0.717) is 6.42 Å². The monoisotopic (exact) mass is 242 g/mol. The fourth-order valence-corrected chi connectivity index (χ4v) is 1.37. The average Bonchev–Trinajstić information content (AvgIpc) is 2.26. The second-order valence-electron chi connectivity index (χ2n) is 3.62. The summed E-state index contributed by atoms with van der Waals surface area (Å²) in [7, 11) is 0. The molecule has 0 saturated carbocycles. The van der Waals surface area contributed by atoms with Gasteiger partial charge in [-0.1, -0.05) is 6.92 Å². The van der Waals surface area contributed by atoms with Gasteiger partial charge >= 0.3 is 11.7 Å². The third-order valence-electron chi connectivity index (χ3n) is 2.50. The second-order valence-corrected chi connectivity index (χ2v) is 3.62. The summed E-state index contributed by atoms with van der Waals surface area (Å²) in [5.41, 5.74) is 8.85. The molecule has 6 N–H and O–H groups in total. The van der Waals surface area contributed by atoms with Gasteiger partial charge in [-0.05, 0) is 6.42 Å². The van der Waals surface area contributed by atoms with Gasteiger partial charge in [0.05, 0.1) is 5.92 Å². The molecule has 0 aromatic carbocycles. The summed E-state index contributed by atoms with van der Waals surface area (Å²) in [5.74, 6) is -2.11. The highest BCUT2D eigenvalue weighted by molar-refractivity contribution is 5.69. The molecule has 17 heavy (non-hydrogen) atoms. The number of nitrogens with two attached hydrogens (primary N) is 2. The van der Waals surface area contributed by atoms with Crippen LogP contribution in [0.4, 0.5) is 11.5 Å². The van der Waals surface area contributed by atoms with Crippen LogP contribution in [0.15, 0.2) is 9.59 Å². The van der Waals surface area contributed by atoms with Gasteiger partial charge in [0.2, 0.25) is 0 Å². The third kappa shape index (κ3) is 2.47. The fraction of sp³-hybridized carbons (Fsp3) is 0.444. The van der Waals surface area contributed by atoms with Crippen LogP contribution in [0.3, 0.4) is 0 Å². The number of anilines is 2. The zero-order valence-electron chi connectivity index (χ0n) is 9.27. The molecule has 94 valence electrons. The number of H-pyrrole nitrogens is 1. The smallest absolute Gasteiger partial charge is 0.330 e. The van der Waals surface area contributed by atoms with Crippen molar-refractivity contribution in [3.8, 4) is 0 Å². The van der Waals surface area contributed by atoms with Crippen LogP contribution in [0.5, 0.6) is 0 Å². The van der Waals surface area contributed by atoms with Crippen molar-refractivity contribution in [2.24, 2.45) is 5.92 Å². The number of carboxylic acid groups (broad SMARTS) is 1. The predicted molar refractivity (Wildman–Crippen MR) is 61.6 cm³/mol. The minimum absolute atomic E-state index is 0.209. The molecule has 0 aliphatic rings. The van der Waals surface area contributed by atoms with Crippen LogP contribution in [0.2, 0.25) is 0 Å². The molecule has 1 aromatic heterocycles. The molecular formula is C9H14N4O4. The Morgan fingerprint density at radius 2 is 2.06 bits per heavy atom. The van der Waals surface area contributed by atoms with Crippen molar-refractivity contribution in [3.63, 3.8) is 0 Å². The second kappa shape index (κ2) is 4.73. The third-order valence-corrected chi connectivity index (χ3v) is 2.50. The number of aromatic amines is 1. The zero-order valence-corrected chi connectivity index (χ0v) is 9.27. The summed E-state index contributed by atoms with van der Waals surface area (Å²) < 4.78 is 0.744. The Hall–Kier alpha value is -2.25. The SMILES string of the molecule is CCC(Cn1c(=O)[nH]c(N)c(N)c1=O)C(=O)O. The minimum Gasteiger partial charge on any atom is -0.481 e. The maximum Gasteiger partial charge on any atom is 0.330 e. The van der Waals surface area contributed by atoms with Crippen LogP contribution in [0.25, 0.3) is 0 Å². The lowest BCUT2D eigenvalue weighted by molar-refractivity contribution is -0.142. The summed E-state index contributed by atoms with van der Waals surface area (Å²) >= 11 is 0. The summed E-state index contributed by atoms with van der Waals surface area (Å²) in [4.78, 5) is 36.1. The molecule has 0 bridgehead atoms. The van der Waals surface area contributed by atoms with Crippen LogP contribution < -0.4 is 22.7 Å². The van der Waals surface area contributed by atoms with Crippen LogP contribution in [0.1, 0.15) is 13.3 Å². The first-order valence-corrected chi connectivity index (χ1v) is 4.99. The molecule has 0 spiro atoms. The molecule has 1 aromatic rings. The van der Waals surface area contributed by atoms with E-state index in [4.69, 9.17) is 16.6 Å². The first-order valence-electron chi connectivity index (χ1n) is 4.99. The van der Waals surface area contributed by atoms with E-state index in [1.807, 2.05) is 0 Å². The molecule has 1 rings (SSSR count). The molecule has 0 aliphatic heterocycles. The number of aliphatic carboxylic acids is 1. The van der Waals surface area contributed by atoms with E-state index >= 15 is 0 Å². The summed E-state index contributed by atoms with van der Waals surface area (Å²) in [6, 6.07) is 0. The predicted octanol–water partition coefficient (Wildman–Crippen LogP) is -1.19. The highest BCUT2D eigenvalue weighted by Gasteiger charge is 2.19. The largest absolute Gasteiger partial charge is 0.481 e. The maximum atomic E-state index is 11.6. The Kier molecular flexibility index (Phi) is 3.56. The number of aromatic nitrogens is 2. The van der Waals surface area contributed by atoms with Gasteiger partial charge in [-0.15, -0.1) is 0 Å². The number of rotatable bonds is 4. The number of carboxylic acids is 1. The molecular weight excluding hydrogens is 228 g/mol. The number of hydrogen-bond donors (Lipinski definition) is 4. The van der Waals surface area contributed by atoms with Gasteiger partial charge in [-0.25, -0.2) is 4.79 Å². The first kappa shape index (κ1) is 12.8.